The van der Waals surface area contributed by atoms with E-state index in [4.69, 9.17) is 0 Å². The van der Waals surface area contributed by atoms with Crippen molar-refractivity contribution in [1.82, 2.24) is 5.32 Å². The van der Waals surface area contributed by atoms with Crippen LogP contribution in [0.15, 0.2) is 24.3 Å². The van der Waals surface area contributed by atoms with Gasteiger partial charge in [-0.05, 0) is 37.4 Å². The molecule has 0 aliphatic heterocycles. The van der Waals surface area contributed by atoms with Gasteiger partial charge in [0.15, 0.2) is 0 Å². The minimum Gasteiger partial charge on any atom is -0.317 e. The molecule has 0 fully saturated rings. The first kappa shape index (κ1) is 14.2. The number of halogens is 1. The van der Waals surface area contributed by atoms with Gasteiger partial charge in [0, 0.05) is 6.04 Å². The summed E-state index contributed by atoms with van der Waals surface area (Å²) in [6.07, 6.45) is 4.35. The number of hydrogen-bond acceptors (Lipinski definition) is 1. The van der Waals surface area contributed by atoms with Crippen LogP contribution < -0.4 is 5.32 Å². The van der Waals surface area contributed by atoms with Crippen LogP contribution >= 0.6 is 0 Å². The zero-order valence-corrected chi connectivity index (χ0v) is 11.2. The Morgan fingerprint density at radius 2 is 2.00 bits per heavy atom. The highest BCUT2D eigenvalue weighted by Crippen LogP contribution is 2.17. The third kappa shape index (κ3) is 4.86. The third-order valence-corrected chi connectivity index (χ3v) is 3.30. The molecule has 0 heterocycles. The molecule has 0 aliphatic rings. The molecule has 1 N–H and O–H groups in total. The van der Waals surface area contributed by atoms with Gasteiger partial charge in [-0.25, -0.2) is 4.39 Å². The number of benzene rings is 1. The van der Waals surface area contributed by atoms with Crippen molar-refractivity contribution in [3.63, 3.8) is 0 Å². The van der Waals surface area contributed by atoms with E-state index in [2.05, 4.69) is 19.2 Å². The highest BCUT2D eigenvalue weighted by atomic mass is 19.1. The standard InChI is InChI=1S/C15H24FN/c1-4-7-12(2)10-14(17-3)11-13-8-5-6-9-15(13)16/h5-6,8-9,12,14,17H,4,7,10-11H2,1-3H3. The summed E-state index contributed by atoms with van der Waals surface area (Å²) >= 11 is 0. The zero-order chi connectivity index (χ0) is 12.7. The summed E-state index contributed by atoms with van der Waals surface area (Å²) in [7, 11) is 1.96. The lowest BCUT2D eigenvalue weighted by Gasteiger charge is -2.20. The molecular formula is C15H24FN. The Morgan fingerprint density at radius 3 is 2.59 bits per heavy atom. The lowest BCUT2D eigenvalue weighted by Crippen LogP contribution is -2.29. The van der Waals surface area contributed by atoms with Gasteiger partial charge in [0.25, 0.3) is 0 Å². The predicted molar refractivity (Wildman–Crippen MR) is 71.6 cm³/mol. The van der Waals surface area contributed by atoms with Crippen LogP contribution in [0.25, 0.3) is 0 Å². The van der Waals surface area contributed by atoms with Gasteiger partial charge in [0.05, 0.1) is 0 Å². The first-order valence-electron chi connectivity index (χ1n) is 6.58. The highest BCUT2D eigenvalue weighted by Gasteiger charge is 2.13. The van der Waals surface area contributed by atoms with Gasteiger partial charge >= 0.3 is 0 Å². The Kier molecular flexibility index (Phi) is 6.20. The van der Waals surface area contributed by atoms with Gasteiger partial charge in [0.2, 0.25) is 0 Å². The molecule has 0 bridgehead atoms. The molecule has 96 valence electrons. The summed E-state index contributed by atoms with van der Waals surface area (Å²) in [6.45, 7) is 4.48. The van der Waals surface area contributed by atoms with Gasteiger partial charge in [-0.1, -0.05) is 44.9 Å². The smallest absolute Gasteiger partial charge is 0.126 e. The first-order chi connectivity index (χ1) is 8.17. The van der Waals surface area contributed by atoms with Gasteiger partial charge in [-0.3, -0.25) is 0 Å². The van der Waals surface area contributed by atoms with E-state index in [1.165, 1.54) is 18.9 Å². The quantitative estimate of drug-likeness (QED) is 0.761. The summed E-state index contributed by atoms with van der Waals surface area (Å²) in [5, 5.41) is 3.30. The van der Waals surface area contributed by atoms with Crippen LogP contribution in [0, 0.1) is 11.7 Å². The molecular weight excluding hydrogens is 213 g/mol. The largest absolute Gasteiger partial charge is 0.317 e. The number of likely N-dealkylation sites (N-methyl/N-ethyl adjacent to an activating group) is 1. The molecule has 2 atom stereocenters. The van der Waals surface area contributed by atoms with Crippen LogP contribution in [0.4, 0.5) is 4.39 Å². The number of hydrogen-bond donors (Lipinski definition) is 1. The summed E-state index contributed by atoms with van der Waals surface area (Å²) in [6, 6.07) is 7.43. The van der Waals surface area contributed by atoms with Gasteiger partial charge < -0.3 is 5.32 Å². The van der Waals surface area contributed by atoms with E-state index in [1.807, 2.05) is 19.2 Å². The van der Waals surface area contributed by atoms with E-state index in [1.54, 1.807) is 6.07 Å². The van der Waals surface area contributed by atoms with Crippen LogP contribution in [0.1, 0.15) is 38.7 Å². The van der Waals surface area contributed by atoms with Crippen molar-refractivity contribution in [2.24, 2.45) is 5.92 Å². The van der Waals surface area contributed by atoms with Gasteiger partial charge in [-0.15, -0.1) is 0 Å². The van der Waals surface area contributed by atoms with Crippen molar-refractivity contribution in [3.05, 3.63) is 35.6 Å². The number of nitrogens with one attached hydrogen (secondary N) is 1. The number of rotatable bonds is 7. The van der Waals surface area contributed by atoms with Crippen molar-refractivity contribution in [2.45, 2.75) is 45.6 Å². The molecule has 2 heteroatoms. The van der Waals surface area contributed by atoms with Crippen LogP contribution in [-0.2, 0) is 6.42 Å². The SMILES string of the molecule is CCCC(C)CC(Cc1ccccc1F)NC. The highest BCUT2D eigenvalue weighted by molar-refractivity contribution is 5.18. The van der Waals surface area contributed by atoms with E-state index in [-0.39, 0.29) is 5.82 Å². The minimum atomic E-state index is -0.0871. The first-order valence-corrected chi connectivity index (χ1v) is 6.58. The third-order valence-electron chi connectivity index (χ3n) is 3.30. The van der Waals surface area contributed by atoms with Crippen LogP contribution in [0.5, 0.6) is 0 Å². The fourth-order valence-corrected chi connectivity index (χ4v) is 2.33. The summed E-state index contributed by atoms with van der Waals surface area (Å²) in [4.78, 5) is 0. The second-order valence-corrected chi connectivity index (χ2v) is 4.91. The fourth-order valence-electron chi connectivity index (χ4n) is 2.33. The Morgan fingerprint density at radius 1 is 1.29 bits per heavy atom. The molecule has 0 aliphatic carbocycles. The Bertz CT molecular complexity index is 324. The molecule has 0 radical (unpaired) electrons. The summed E-state index contributed by atoms with van der Waals surface area (Å²) in [5.41, 5.74) is 0.815. The second kappa shape index (κ2) is 7.44. The molecule has 0 aromatic heterocycles. The molecule has 1 rings (SSSR count). The topological polar surface area (TPSA) is 12.0 Å². The Labute approximate surface area is 104 Å². The zero-order valence-electron chi connectivity index (χ0n) is 11.2. The van der Waals surface area contributed by atoms with Crippen LogP contribution in [0.2, 0.25) is 0 Å². The molecule has 0 amide bonds. The predicted octanol–water partition coefficient (Wildman–Crippen LogP) is 3.78. The van der Waals surface area contributed by atoms with E-state index in [0.29, 0.717) is 12.0 Å². The molecule has 1 aromatic carbocycles. The van der Waals surface area contributed by atoms with E-state index in [0.717, 1.165) is 18.4 Å². The monoisotopic (exact) mass is 237 g/mol. The average Bonchev–Trinajstić information content (AvgIpc) is 2.31. The Hall–Kier alpha value is -0.890. The van der Waals surface area contributed by atoms with E-state index in [9.17, 15) is 4.39 Å². The average molecular weight is 237 g/mol. The molecule has 0 saturated carbocycles. The molecule has 2 unspecified atom stereocenters. The maximum absolute atomic E-state index is 13.5. The van der Waals surface area contributed by atoms with Crippen molar-refractivity contribution in [1.29, 1.82) is 0 Å². The van der Waals surface area contributed by atoms with Gasteiger partial charge in [0.1, 0.15) is 5.82 Å². The second-order valence-electron chi connectivity index (χ2n) is 4.91. The maximum atomic E-state index is 13.5. The molecule has 0 saturated heterocycles. The molecule has 1 nitrogen and oxygen atoms in total. The lowest BCUT2D eigenvalue weighted by atomic mass is 9.93. The summed E-state index contributed by atoms with van der Waals surface area (Å²) < 4.78 is 13.5. The minimum absolute atomic E-state index is 0.0871. The van der Waals surface area contributed by atoms with Crippen molar-refractivity contribution < 1.29 is 4.39 Å². The normalized spacial score (nSPS) is 14.6. The van der Waals surface area contributed by atoms with E-state index < -0.39 is 0 Å². The van der Waals surface area contributed by atoms with Crippen LogP contribution in [0.3, 0.4) is 0 Å². The Balaban J connectivity index is 2.55. The van der Waals surface area contributed by atoms with Crippen molar-refractivity contribution in [3.8, 4) is 0 Å². The van der Waals surface area contributed by atoms with Crippen molar-refractivity contribution in [2.75, 3.05) is 7.05 Å². The summed E-state index contributed by atoms with van der Waals surface area (Å²) in [5.74, 6) is 0.611. The maximum Gasteiger partial charge on any atom is 0.126 e. The van der Waals surface area contributed by atoms with Crippen LogP contribution in [-0.4, -0.2) is 13.1 Å². The van der Waals surface area contributed by atoms with E-state index >= 15 is 0 Å². The molecule has 0 spiro atoms. The van der Waals surface area contributed by atoms with Gasteiger partial charge in [-0.2, -0.15) is 0 Å². The molecule has 17 heavy (non-hydrogen) atoms. The van der Waals surface area contributed by atoms with Crippen molar-refractivity contribution >= 4 is 0 Å². The molecule has 1 aromatic rings. The lowest BCUT2D eigenvalue weighted by molar-refractivity contribution is 0.394. The fraction of sp³-hybridized carbons (Fsp3) is 0.600.